The molecule has 2 amide bonds. The SMILES string of the molecule is C=C(CCC1C[C@H](Oc2ccc(C#N)c(Cl)c2)CC1CC)C(=O)c1ccc(CC2=CCCC(CN(CCC)CC/C=C\c3ccc4c(c3)C(=O)C(CC3CCC(=O)NC3=O)=CC4=O)CC2)nn1. The molecule has 2 aromatic carbocycles. The van der Waals surface area contributed by atoms with E-state index in [0.717, 1.165) is 102 Å². The normalized spacial score (nSPS) is 21.9. The Morgan fingerprint density at radius 1 is 0.985 bits per heavy atom. The zero-order chi connectivity index (χ0) is 47.5. The largest absolute Gasteiger partial charge is 0.490 e. The van der Waals surface area contributed by atoms with Gasteiger partial charge >= 0.3 is 0 Å². The molecule has 11 nitrogen and oxygen atoms in total. The fourth-order valence-electron chi connectivity index (χ4n) is 10.3. The molecule has 1 N–H and O–H groups in total. The fraction of sp³-hybridized carbons (Fsp3) is 0.455. The zero-order valence-electron chi connectivity index (χ0n) is 38.9. The zero-order valence-corrected chi connectivity index (χ0v) is 39.6. The number of ketones is 3. The maximum Gasteiger partial charge on any atom is 0.230 e. The van der Waals surface area contributed by atoms with Crippen LogP contribution < -0.4 is 10.1 Å². The van der Waals surface area contributed by atoms with Crippen molar-refractivity contribution in [1.29, 1.82) is 5.26 Å². The molecule has 4 aliphatic rings. The average molecular weight is 925 g/mol. The molecule has 1 saturated carbocycles. The number of hydrogen-bond acceptors (Lipinski definition) is 10. The summed E-state index contributed by atoms with van der Waals surface area (Å²) in [7, 11) is 0. The van der Waals surface area contributed by atoms with Gasteiger partial charge in [0.05, 0.1) is 22.4 Å². The predicted molar refractivity (Wildman–Crippen MR) is 260 cm³/mol. The molecule has 2 fully saturated rings. The first kappa shape index (κ1) is 49.1. The van der Waals surface area contributed by atoms with Crippen LogP contribution in [0.1, 0.15) is 152 Å². The Morgan fingerprint density at radius 2 is 1.82 bits per heavy atom. The van der Waals surface area contributed by atoms with E-state index in [2.05, 4.69) is 59.1 Å². The molecule has 12 heteroatoms. The minimum atomic E-state index is -0.507. The highest BCUT2D eigenvalue weighted by molar-refractivity contribution is 6.31. The molecule has 4 unspecified atom stereocenters. The summed E-state index contributed by atoms with van der Waals surface area (Å²) in [5.74, 6) is 0.314. The topological polar surface area (TPSA) is 159 Å². The number of nitrogens with zero attached hydrogens (tertiary/aromatic N) is 4. The number of fused-ring (bicyclic) bond motifs is 1. The van der Waals surface area contributed by atoms with Crippen molar-refractivity contribution < 1.29 is 28.7 Å². The molecular weight excluding hydrogens is 862 g/mol. The van der Waals surface area contributed by atoms with Crippen LogP contribution in [0.3, 0.4) is 0 Å². The number of halogens is 1. The van der Waals surface area contributed by atoms with E-state index in [0.29, 0.717) is 74.9 Å². The summed E-state index contributed by atoms with van der Waals surface area (Å²) in [6, 6.07) is 16.3. The number of nitriles is 1. The Labute approximate surface area is 399 Å². The van der Waals surface area contributed by atoms with Crippen LogP contribution in [0.25, 0.3) is 6.08 Å². The smallest absolute Gasteiger partial charge is 0.230 e. The predicted octanol–water partition coefficient (Wildman–Crippen LogP) is 10.6. The minimum absolute atomic E-state index is 0.0577. The molecule has 350 valence electrons. The lowest BCUT2D eigenvalue weighted by Gasteiger charge is -2.26. The Bertz CT molecular complexity index is 2500. The van der Waals surface area contributed by atoms with E-state index in [-0.39, 0.29) is 42.2 Å². The Kier molecular flexibility index (Phi) is 17.0. The third-order valence-corrected chi connectivity index (χ3v) is 14.3. The number of hydrogen-bond donors (Lipinski definition) is 1. The maximum atomic E-state index is 13.5. The van der Waals surface area contributed by atoms with Gasteiger partial charge in [-0.05, 0) is 155 Å². The molecule has 67 heavy (non-hydrogen) atoms. The number of benzene rings is 2. The van der Waals surface area contributed by atoms with Crippen LogP contribution >= 0.6 is 11.6 Å². The molecule has 1 aliphatic heterocycles. The van der Waals surface area contributed by atoms with Crippen LogP contribution in [0.15, 0.2) is 90.1 Å². The van der Waals surface area contributed by atoms with Crippen LogP contribution in [-0.2, 0) is 16.0 Å². The summed E-state index contributed by atoms with van der Waals surface area (Å²) in [4.78, 5) is 66.3. The summed E-state index contributed by atoms with van der Waals surface area (Å²) in [5, 5.41) is 20.8. The van der Waals surface area contributed by atoms with E-state index in [1.165, 1.54) is 11.6 Å². The van der Waals surface area contributed by atoms with Gasteiger partial charge in [0.2, 0.25) is 17.6 Å². The quantitative estimate of drug-likeness (QED) is 0.0500. The van der Waals surface area contributed by atoms with Crippen LogP contribution in [-0.4, -0.2) is 70.0 Å². The second-order valence-electron chi connectivity index (χ2n) is 18.8. The van der Waals surface area contributed by atoms with E-state index in [9.17, 15) is 29.2 Å². The van der Waals surface area contributed by atoms with Crippen LogP contribution in [0.5, 0.6) is 5.75 Å². The third kappa shape index (κ3) is 13.0. The lowest BCUT2D eigenvalue weighted by Crippen LogP contribution is -2.41. The van der Waals surface area contributed by atoms with Gasteiger partial charge in [0.15, 0.2) is 11.6 Å². The monoisotopic (exact) mass is 923 g/mol. The highest BCUT2D eigenvalue weighted by Crippen LogP contribution is 2.40. The molecule has 1 aromatic heterocycles. The van der Waals surface area contributed by atoms with Crippen molar-refractivity contribution in [3.8, 4) is 11.8 Å². The van der Waals surface area contributed by atoms with Crippen LogP contribution in [0.4, 0.5) is 0 Å². The van der Waals surface area contributed by atoms with Crippen molar-refractivity contribution in [2.75, 3.05) is 19.6 Å². The van der Waals surface area contributed by atoms with Crippen molar-refractivity contribution in [2.24, 2.45) is 23.7 Å². The average Bonchev–Trinajstić information content (AvgIpc) is 3.58. The van der Waals surface area contributed by atoms with Crippen LogP contribution in [0, 0.1) is 35.0 Å². The van der Waals surface area contributed by atoms with Crippen molar-refractivity contribution in [3.63, 3.8) is 0 Å². The van der Waals surface area contributed by atoms with Gasteiger partial charge in [0.25, 0.3) is 0 Å². The second-order valence-corrected chi connectivity index (χ2v) is 19.2. The number of nitrogens with one attached hydrogen (secondary N) is 1. The highest BCUT2D eigenvalue weighted by Gasteiger charge is 2.35. The summed E-state index contributed by atoms with van der Waals surface area (Å²) in [6.45, 7) is 11.5. The fourth-order valence-corrected chi connectivity index (χ4v) is 10.5. The van der Waals surface area contributed by atoms with Crippen LogP contribution in [0.2, 0.25) is 5.02 Å². The summed E-state index contributed by atoms with van der Waals surface area (Å²) >= 11 is 6.23. The number of carbonyl (C=O) groups excluding carboxylic acids is 5. The number of imide groups is 1. The van der Waals surface area contributed by atoms with Gasteiger partial charge in [0, 0.05) is 54.6 Å². The van der Waals surface area contributed by atoms with Crippen molar-refractivity contribution in [1.82, 2.24) is 20.4 Å². The number of ether oxygens (including phenoxy) is 1. The van der Waals surface area contributed by atoms with Crippen molar-refractivity contribution in [2.45, 2.75) is 116 Å². The number of piperidine rings is 1. The van der Waals surface area contributed by atoms with Gasteiger partial charge < -0.3 is 9.64 Å². The van der Waals surface area contributed by atoms with Gasteiger partial charge in [-0.2, -0.15) is 10.4 Å². The van der Waals surface area contributed by atoms with E-state index in [4.69, 9.17) is 16.3 Å². The summed E-state index contributed by atoms with van der Waals surface area (Å²) < 4.78 is 6.27. The maximum absolute atomic E-state index is 13.5. The minimum Gasteiger partial charge on any atom is -0.490 e. The highest BCUT2D eigenvalue weighted by atomic mass is 35.5. The number of aromatic nitrogens is 2. The first-order chi connectivity index (χ1) is 32.4. The molecule has 0 bridgehead atoms. The second kappa shape index (κ2) is 23.3. The molecule has 2 heterocycles. The number of amides is 2. The lowest BCUT2D eigenvalue weighted by atomic mass is 9.82. The Hall–Kier alpha value is -5.83. The lowest BCUT2D eigenvalue weighted by molar-refractivity contribution is -0.136. The van der Waals surface area contributed by atoms with E-state index >= 15 is 0 Å². The number of rotatable bonds is 20. The van der Waals surface area contributed by atoms with Gasteiger partial charge in [-0.3, -0.25) is 29.3 Å². The number of Topliss-reactive ketones (excluding diaryl/α,β-unsaturated/α-hetero) is 2. The molecular formula is C55H62ClN5O6. The van der Waals surface area contributed by atoms with E-state index in [1.807, 2.05) is 18.2 Å². The van der Waals surface area contributed by atoms with E-state index in [1.54, 1.807) is 36.4 Å². The van der Waals surface area contributed by atoms with Gasteiger partial charge in [-0.15, -0.1) is 5.10 Å². The van der Waals surface area contributed by atoms with E-state index < -0.39 is 11.8 Å². The Balaban J connectivity index is 0.833. The standard InChI is InChI=1S/C55H62ClN5O6/c1-4-24-61(25-7-6-9-37-15-21-47-48(27-37)54(65)43(31-51(47)62)28-41-18-23-52(63)58-55(41)66)34-38-11-8-10-36(13-14-38)26-44-19-22-50(60-59-44)53(64)35(3)12-16-40-30-46(29-39(40)5-2)67-45-20-17-42(33-57)49(56)32-45/h6,9-10,15,17,19-22,27,31-32,38-41,46H,3-5,7-8,11-14,16,18,23-26,28-30,34H2,1-2H3,(H,58,63,66)/b9-6-/t38?,39?,40?,41?,46-/m1/s1. The molecule has 5 atom stereocenters. The molecule has 0 spiro atoms. The van der Waals surface area contributed by atoms with Crippen molar-refractivity contribution >= 4 is 46.8 Å². The molecule has 3 aromatic rings. The van der Waals surface area contributed by atoms with Gasteiger partial charge in [-0.1, -0.05) is 68.3 Å². The summed E-state index contributed by atoms with van der Waals surface area (Å²) in [6.07, 6.45) is 19.8. The first-order valence-corrected chi connectivity index (χ1v) is 24.5. The number of carbonyl (C=O) groups is 5. The molecule has 7 rings (SSSR count). The third-order valence-electron chi connectivity index (χ3n) is 14.0. The number of allylic oxidation sites excluding steroid dienone is 5. The van der Waals surface area contributed by atoms with Gasteiger partial charge in [-0.25, -0.2) is 0 Å². The van der Waals surface area contributed by atoms with Gasteiger partial charge in [0.1, 0.15) is 17.5 Å². The Morgan fingerprint density at radius 3 is 2.57 bits per heavy atom. The molecule has 0 radical (unpaired) electrons. The first-order valence-electron chi connectivity index (χ1n) is 24.2. The molecule has 1 saturated heterocycles. The van der Waals surface area contributed by atoms with Crippen molar-refractivity contribution in [3.05, 3.63) is 129 Å². The molecule has 3 aliphatic carbocycles. The summed E-state index contributed by atoms with van der Waals surface area (Å²) in [5.41, 5.74) is 5.42.